The summed E-state index contributed by atoms with van der Waals surface area (Å²) in [5, 5.41) is 11.8. The number of ether oxygens (including phenoxy) is 3. The SMILES string of the molecule is COc1ccc(OCCC(=O)OCC(=O)NC(C)(C#N)C2CC2)cc1. The van der Waals surface area contributed by atoms with Crippen molar-refractivity contribution in [3.8, 4) is 17.6 Å². The van der Waals surface area contributed by atoms with Gasteiger partial charge in [0.15, 0.2) is 6.61 Å². The third kappa shape index (κ3) is 5.68. The van der Waals surface area contributed by atoms with Crippen molar-refractivity contribution in [2.75, 3.05) is 20.3 Å². The van der Waals surface area contributed by atoms with Gasteiger partial charge in [-0.1, -0.05) is 0 Å². The van der Waals surface area contributed by atoms with Crippen molar-refractivity contribution >= 4 is 11.9 Å². The number of nitrogens with zero attached hydrogens (tertiary/aromatic N) is 1. The Bertz CT molecular complexity index is 648. The number of carbonyl (C=O) groups is 2. The Morgan fingerprint density at radius 3 is 2.48 bits per heavy atom. The van der Waals surface area contributed by atoms with Gasteiger partial charge in [0.2, 0.25) is 0 Å². The Morgan fingerprint density at radius 2 is 1.92 bits per heavy atom. The summed E-state index contributed by atoms with van der Waals surface area (Å²) in [5.74, 6) is 0.498. The summed E-state index contributed by atoms with van der Waals surface area (Å²) < 4.78 is 15.4. The van der Waals surface area contributed by atoms with Crippen LogP contribution in [0.4, 0.5) is 0 Å². The van der Waals surface area contributed by atoms with Gasteiger partial charge in [-0.25, -0.2) is 0 Å². The van der Waals surface area contributed by atoms with Crippen LogP contribution in [0.15, 0.2) is 24.3 Å². The molecule has 1 aliphatic rings. The fraction of sp³-hybridized carbons (Fsp3) is 0.500. The van der Waals surface area contributed by atoms with Gasteiger partial charge < -0.3 is 19.5 Å². The lowest BCUT2D eigenvalue weighted by atomic mass is 9.98. The molecule has 1 aromatic rings. The van der Waals surface area contributed by atoms with E-state index in [1.807, 2.05) is 0 Å². The van der Waals surface area contributed by atoms with E-state index in [9.17, 15) is 14.9 Å². The van der Waals surface area contributed by atoms with Gasteiger partial charge in [0, 0.05) is 0 Å². The molecule has 1 atom stereocenters. The molecule has 25 heavy (non-hydrogen) atoms. The lowest BCUT2D eigenvalue weighted by molar-refractivity contribution is -0.149. The molecule has 1 fully saturated rings. The quantitative estimate of drug-likeness (QED) is 0.685. The Morgan fingerprint density at radius 1 is 1.28 bits per heavy atom. The summed E-state index contributed by atoms with van der Waals surface area (Å²) in [5.41, 5.74) is -0.888. The van der Waals surface area contributed by atoms with Gasteiger partial charge in [-0.3, -0.25) is 9.59 Å². The largest absolute Gasteiger partial charge is 0.497 e. The van der Waals surface area contributed by atoms with E-state index in [0.717, 1.165) is 12.8 Å². The molecule has 0 heterocycles. The second-order valence-corrected chi connectivity index (χ2v) is 6.07. The monoisotopic (exact) mass is 346 g/mol. The maximum atomic E-state index is 11.8. The number of nitrogens with one attached hydrogen (secondary N) is 1. The van der Waals surface area contributed by atoms with Gasteiger partial charge >= 0.3 is 5.97 Å². The average molecular weight is 346 g/mol. The van der Waals surface area contributed by atoms with E-state index in [1.54, 1.807) is 38.3 Å². The second-order valence-electron chi connectivity index (χ2n) is 6.07. The van der Waals surface area contributed by atoms with E-state index < -0.39 is 24.0 Å². The van der Waals surface area contributed by atoms with Crippen LogP contribution < -0.4 is 14.8 Å². The molecule has 7 heteroatoms. The molecule has 0 radical (unpaired) electrons. The predicted molar refractivity (Wildman–Crippen MR) is 88.9 cm³/mol. The van der Waals surface area contributed by atoms with Crippen molar-refractivity contribution in [2.45, 2.75) is 31.7 Å². The van der Waals surface area contributed by atoms with E-state index in [-0.39, 0.29) is 18.9 Å². The van der Waals surface area contributed by atoms with E-state index in [4.69, 9.17) is 14.2 Å². The Balaban J connectivity index is 1.64. The number of hydrogen-bond acceptors (Lipinski definition) is 6. The summed E-state index contributed by atoms with van der Waals surface area (Å²) in [6.45, 7) is 1.43. The summed E-state index contributed by atoms with van der Waals surface area (Å²) in [6, 6.07) is 9.09. The minimum Gasteiger partial charge on any atom is -0.497 e. The van der Waals surface area contributed by atoms with Crippen molar-refractivity contribution in [2.24, 2.45) is 5.92 Å². The predicted octanol–water partition coefficient (Wildman–Crippen LogP) is 1.82. The van der Waals surface area contributed by atoms with Crippen molar-refractivity contribution in [3.05, 3.63) is 24.3 Å². The minimum absolute atomic E-state index is 0.0253. The van der Waals surface area contributed by atoms with Crippen molar-refractivity contribution in [1.82, 2.24) is 5.32 Å². The zero-order valence-electron chi connectivity index (χ0n) is 14.4. The van der Waals surface area contributed by atoms with Gasteiger partial charge in [-0.05, 0) is 49.9 Å². The van der Waals surface area contributed by atoms with Crippen LogP contribution in [0.2, 0.25) is 0 Å². The number of rotatable bonds is 9. The molecule has 7 nitrogen and oxygen atoms in total. The number of hydrogen-bond donors (Lipinski definition) is 1. The maximum Gasteiger partial charge on any atom is 0.309 e. The number of methoxy groups -OCH3 is 1. The molecule has 2 rings (SSSR count). The first-order valence-electron chi connectivity index (χ1n) is 8.11. The van der Waals surface area contributed by atoms with E-state index in [1.165, 1.54) is 0 Å². The standard InChI is InChI=1S/C18H22N2O5/c1-18(12-19,13-3-4-13)20-16(21)11-25-17(22)9-10-24-15-7-5-14(23-2)6-8-15/h5-8,13H,3-4,9-11H2,1-2H3,(H,20,21). The molecule has 0 saturated heterocycles. The van der Waals surface area contributed by atoms with Crippen molar-refractivity contribution in [1.29, 1.82) is 5.26 Å². The summed E-state index contributed by atoms with van der Waals surface area (Å²) in [7, 11) is 1.58. The van der Waals surface area contributed by atoms with Crippen LogP contribution >= 0.6 is 0 Å². The summed E-state index contributed by atoms with van der Waals surface area (Å²) in [6.07, 6.45) is 1.87. The van der Waals surface area contributed by atoms with Gasteiger partial charge in [-0.2, -0.15) is 5.26 Å². The van der Waals surface area contributed by atoms with Gasteiger partial charge in [0.25, 0.3) is 5.91 Å². The van der Waals surface area contributed by atoms with Gasteiger partial charge in [-0.15, -0.1) is 0 Å². The molecular weight excluding hydrogens is 324 g/mol. The van der Waals surface area contributed by atoms with Crippen LogP contribution in [0.5, 0.6) is 11.5 Å². The molecule has 1 N–H and O–H groups in total. The molecule has 1 saturated carbocycles. The van der Waals surface area contributed by atoms with E-state index in [2.05, 4.69) is 11.4 Å². The number of esters is 1. The number of carbonyl (C=O) groups excluding carboxylic acids is 2. The van der Waals surface area contributed by atoms with E-state index in [0.29, 0.717) is 11.5 Å². The summed E-state index contributed by atoms with van der Waals surface area (Å²) in [4.78, 5) is 23.5. The Labute approximate surface area is 146 Å². The molecular formula is C18H22N2O5. The highest BCUT2D eigenvalue weighted by Gasteiger charge is 2.43. The lowest BCUT2D eigenvalue weighted by Crippen LogP contribution is -2.48. The molecule has 1 aromatic carbocycles. The summed E-state index contributed by atoms with van der Waals surface area (Å²) >= 11 is 0. The highest BCUT2D eigenvalue weighted by molar-refractivity contribution is 5.81. The van der Waals surface area contributed by atoms with Crippen LogP contribution in [0.1, 0.15) is 26.2 Å². The molecule has 134 valence electrons. The third-order valence-electron chi connectivity index (χ3n) is 4.02. The fourth-order valence-corrected chi connectivity index (χ4v) is 2.35. The highest BCUT2D eigenvalue weighted by Crippen LogP contribution is 2.39. The van der Waals surface area contributed by atoms with E-state index >= 15 is 0 Å². The van der Waals surface area contributed by atoms with Crippen LogP contribution in [-0.2, 0) is 14.3 Å². The molecule has 0 aromatic heterocycles. The smallest absolute Gasteiger partial charge is 0.309 e. The van der Waals surface area contributed by atoms with Gasteiger partial charge in [0.1, 0.15) is 17.0 Å². The normalized spacial score (nSPS) is 15.4. The molecule has 1 aliphatic carbocycles. The number of amides is 1. The Hall–Kier alpha value is -2.75. The van der Waals surface area contributed by atoms with Crippen molar-refractivity contribution < 1.29 is 23.8 Å². The number of benzene rings is 1. The Kier molecular flexibility index (Phi) is 6.23. The fourth-order valence-electron chi connectivity index (χ4n) is 2.35. The molecule has 1 amide bonds. The minimum atomic E-state index is -0.888. The maximum absolute atomic E-state index is 11.8. The molecule has 1 unspecified atom stereocenters. The van der Waals surface area contributed by atoms with Crippen LogP contribution in [0.25, 0.3) is 0 Å². The lowest BCUT2D eigenvalue weighted by Gasteiger charge is -2.22. The highest BCUT2D eigenvalue weighted by atomic mass is 16.5. The van der Waals surface area contributed by atoms with Gasteiger partial charge in [0.05, 0.1) is 26.2 Å². The zero-order chi connectivity index (χ0) is 18.3. The molecule has 0 aliphatic heterocycles. The van der Waals surface area contributed by atoms with Crippen LogP contribution in [0, 0.1) is 17.2 Å². The van der Waals surface area contributed by atoms with Crippen LogP contribution in [0.3, 0.4) is 0 Å². The first-order chi connectivity index (χ1) is 12.0. The molecule has 0 spiro atoms. The first kappa shape index (κ1) is 18.6. The average Bonchev–Trinajstić information content (AvgIpc) is 3.46. The topological polar surface area (TPSA) is 97.7 Å². The first-order valence-corrected chi connectivity index (χ1v) is 8.11. The number of nitriles is 1. The second kappa shape index (κ2) is 8.38. The van der Waals surface area contributed by atoms with Crippen LogP contribution in [-0.4, -0.2) is 37.7 Å². The van der Waals surface area contributed by atoms with Crippen molar-refractivity contribution in [3.63, 3.8) is 0 Å². The molecule has 0 bridgehead atoms. The third-order valence-corrected chi connectivity index (χ3v) is 4.02. The zero-order valence-corrected chi connectivity index (χ0v) is 14.4.